The minimum absolute atomic E-state index is 0. The van der Waals surface area contributed by atoms with E-state index in [1.54, 1.807) is 0 Å². The van der Waals surface area contributed by atoms with E-state index in [2.05, 4.69) is 19.4 Å². The van der Waals surface area contributed by atoms with Crippen molar-refractivity contribution >= 4 is 24.0 Å². The fourth-order valence-corrected chi connectivity index (χ4v) is 0. The topological polar surface area (TPSA) is 0 Å². The third-order valence-corrected chi connectivity index (χ3v) is 0. The molecule has 0 rings (SSSR count). The third kappa shape index (κ3) is 2230. The zero-order chi connectivity index (χ0) is 4.71. The van der Waals surface area contributed by atoms with Gasteiger partial charge < -0.3 is 0 Å². The lowest BCUT2D eigenvalue weighted by Crippen LogP contribution is -0.926. The van der Waals surface area contributed by atoms with Gasteiger partial charge in [0.15, 0.2) is 0 Å². The molecule has 0 saturated heterocycles. The van der Waals surface area contributed by atoms with Crippen LogP contribution in [0, 0.1) is 12.8 Å². The molecule has 0 spiro atoms. The van der Waals surface area contributed by atoms with E-state index in [0.717, 1.165) is 0 Å². The molecule has 0 aliphatic rings. The van der Waals surface area contributed by atoms with Crippen molar-refractivity contribution < 1.29 is 0 Å². The van der Waals surface area contributed by atoms with E-state index in [-0.39, 0.29) is 12.4 Å². The molecular weight excluding hydrogens is 119 g/mol. The molecule has 0 atom stereocenters. The van der Waals surface area contributed by atoms with Gasteiger partial charge in [0.1, 0.15) is 0 Å². The summed E-state index contributed by atoms with van der Waals surface area (Å²) in [6, 6.07) is 0. The Morgan fingerprint density at radius 3 is 1.50 bits per heavy atom. The molecule has 0 nitrogen and oxygen atoms in total. The summed E-state index contributed by atoms with van der Waals surface area (Å²) in [6.45, 7) is 3.13. The van der Waals surface area contributed by atoms with E-state index in [1.807, 2.05) is 0 Å². The Morgan fingerprint density at radius 2 is 1.50 bits per heavy atom. The first-order valence-corrected chi connectivity index (χ1v) is 1.40. The summed E-state index contributed by atoms with van der Waals surface area (Å²) >= 11 is 4.76. The first kappa shape index (κ1) is 16.9. The van der Waals surface area contributed by atoms with E-state index >= 15 is 0 Å². The number of halogens is 2. The second-order valence-corrected chi connectivity index (χ2v) is 0.463. The summed E-state index contributed by atoms with van der Waals surface area (Å²) in [5.74, 6) is 0. The molecule has 0 amide bonds. The normalized spacial score (nSPS) is 2.50. The van der Waals surface area contributed by atoms with Gasteiger partial charge in [0.05, 0.1) is 0 Å². The van der Waals surface area contributed by atoms with E-state index in [0.29, 0.717) is 0 Å². The molecule has 0 aromatic carbocycles. The molecule has 0 aliphatic carbocycles. The van der Waals surface area contributed by atoms with E-state index in [9.17, 15) is 0 Å². The smallest absolute Gasteiger partial charge is 0.00296 e. The molecule has 0 aromatic rings. The van der Waals surface area contributed by atoms with Gasteiger partial charge >= 0.3 is 0 Å². The quantitative estimate of drug-likeness (QED) is 0.434. The van der Waals surface area contributed by atoms with Crippen LogP contribution >= 0.6 is 24.0 Å². The SMILES string of the molecule is C#C.C=CCl.Cl. The number of hydrogen-bond acceptors (Lipinski definition) is 0. The average molecular weight is 125 g/mol. The first-order chi connectivity index (χ1) is 2.41. The molecule has 36 valence electrons. The summed E-state index contributed by atoms with van der Waals surface area (Å²) in [5.41, 5.74) is 1.22. The lowest BCUT2D eigenvalue weighted by molar-refractivity contribution is 2.63. The van der Waals surface area contributed by atoms with Crippen molar-refractivity contribution in [3.8, 4) is 12.8 Å². The highest BCUT2D eigenvalue weighted by Crippen LogP contribution is 1.60. The molecule has 6 heavy (non-hydrogen) atoms. The molecule has 0 aliphatic heterocycles. The zero-order valence-corrected chi connectivity index (χ0v) is 4.80. The minimum atomic E-state index is 0. The Hall–Kier alpha value is -0.120. The predicted octanol–water partition coefficient (Wildman–Crippen LogP) is 2.04. The van der Waals surface area contributed by atoms with Crippen LogP contribution in [0.5, 0.6) is 0 Å². The van der Waals surface area contributed by atoms with Crippen molar-refractivity contribution in [3.63, 3.8) is 0 Å². The van der Waals surface area contributed by atoms with Crippen molar-refractivity contribution in [1.82, 2.24) is 0 Å². The highest BCUT2D eigenvalue weighted by atomic mass is 35.5. The van der Waals surface area contributed by atoms with Crippen LogP contribution in [0.2, 0.25) is 0 Å². The van der Waals surface area contributed by atoms with Gasteiger partial charge in [-0.05, 0) is 5.54 Å². The molecule has 0 heterocycles. The largest absolute Gasteiger partial charge is 0.147 e. The molecule has 0 aromatic heterocycles. The lowest BCUT2D eigenvalue weighted by atomic mass is 11.3. The summed E-state index contributed by atoms with van der Waals surface area (Å²) in [4.78, 5) is 0. The summed E-state index contributed by atoms with van der Waals surface area (Å²) < 4.78 is 0. The number of rotatable bonds is 0. The van der Waals surface area contributed by atoms with Crippen molar-refractivity contribution in [2.24, 2.45) is 0 Å². The maximum Gasteiger partial charge on any atom is -0.00296 e. The van der Waals surface area contributed by atoms with Crippen LogP contribution in [0.4, 0.5) is 0 Å². The number of hydrogen-bond donors (Lipinski definition) is 0. The van der Waals surface area contributed by atoms with Crippen LogP contribution in [0.15, 0.2) is 12.1 Å². The van der Waals surface area contributed by atoms with Crippen molar-refractivity contribution in [1.29, 1.82) is 0 Å². The number of terminal acetylenes is 1. The van der Waals surface area contributed by atoms with Crippen LogP contribution in [0.25, 0.3) is 0 Å². The van der Waals surface area contributed by atoms with Crippen molar-refractivity contribution in [3.05, 3.63) is 12.1 Å². The molecular formula is C4H6Cl2. The van der Waals surface area contributed by atoms with Gasteiger partial charge in [0.25, 0.3) is 0 Å². The average Bonchev–Trinajstić information content (AvgIpc) is 1.46. The zero-order valence-electron chi connectivity index (χ0n) is 3.23. The van der Waals surface area contributed by atoms with Crippen molar-refractivity contribution in [2.75, 3.05) is 0 Å². The van der Waals surface area contributed by atoms with Gasteiger partial charge in [-0.3, -0.25) is 0 Å². The molecule has 0 unspecified atom stereocenters. The highest BCUT2D eigenvalue weighted by Gasteiger charge is 1.18. The third-order valence-electron chi connectivity index (χ3n) is 0. The minimum Gasteiger partial charge on any atom is -0.147 e. The van der Waals surface area contributed by atoms with Crippen LogP contribution in [0.1, 0.15) is 0 Å². The molecule has 0 radical (unpaired) electrons. The Bertz CT molecular complexity index is 29.8. The fourth-order valence-electron chi connectivity index (χ4n) is 0. The lowest BCUT2D eigenvalue weighted by Gasteiger charge is -1.27. The Labute approximate surface area is 49.6 Å². The molecule has 0 bridgehead atoms. The van der Waals surface area contributed by atoms with Crippen LogP contribution in [-0.2, 0) is 0 Å². The van der Waals surface area contributed by atoms with Gasteiger partial charge in [0, 0.05) is 0 Å². The Kier molecular flexibility index (Phi) is 267. The van der Waals surface area contributed by atoms with Gasteiger partial charge in [-0.25, -0.2) is 0 Å². The molecule has 0 saturated carbocycles. The highest BCUT2D eigenvalue weighted by molar-refractivity contribution is 6.25. The second kappa shape index (κ2) is 94.9. The van der Waals surface area contributed by atoms with Crippen LogP contribution < -0.4 is 0 Å². The van der Waals surface area contributed by atoms with Gasteiger partial charge in [-0.15, -0.1) is 25.3 Å². The Morgan fingerprint density at radius 1 is 1.50 bits per heavy atom. The standard InChI is InChI=1S/C2H3Cl.C2H2.ClH/c1-2-3;1-2;/h2H,1H2;1-2H;1H. The predicted molar refractivity (Wildman–Crippen MR) is 33.2 cm³/mol. The van der Waals surface area contributed by atoms with E-state index < -0.39 is 0 Å². The summed E-state index contributed by atoms with van der Waals surface area (Å²) in [6.07, 6.45) is 8.00. The monoisotopic (exact) mass is 124 g/mol. The van der Waals surface area contributed by atoms with Gasteiger partial charge in [-0.1, -0.05) is 18.2 Å². The molecule has 0 fully saturated rings. The second-order valence-electron chi connectivity index (χ2n) is 0.154. The molecule has 2 heteroatoms. The van der Waals surface area contributed by atoms with E-state index in [4.69, 9.17) is 11.6 Å². The van der Waals surface area contributed by atoms with Gasteiger partial charge in [-0.2, -0.15) is 0 Å². The van der Waals surface area contributed by atoms with Crippen LogP contribution in [-0.4, -0.2) is 0 Å². The summed E-state index contributed by atoms with van der Waals surface area (Å²) in [5, 5.41) is 0. The first-order valence-electron chi connectivity index (χ1n) is 0.960. The van der Waals surface area contributed by atoms with Gasteiger partial charge in [0.2, 0.25) is 0 Å². The Balaban J connectivity index is -0.0000000275. The fraction of sp³-hybridized carbons (Fsp3) is 0. The maximum absolute atomic E-state index is 4.76. The van der Waals surface area contributed by atoms with Crippen LogP contribution in [0.3, 0.4) is 0 Å². The van der Waals surface area contributed by atoms with E-state index in [1.165, 1.54) is 5.54 Å². The molecule has 0 N–H and O–H groups in total. The maximum atomic E-state index is 4.76. The summed E-state index contributed by atoms with van der Waals surface area (Å²) in [7, 11) is 0. The van der Waals surface area contributed by atoms with Crippen molar-refractivity contribution in [2.45, 2.75) is 0 Å².